The van der Waals surface area contributed by atoms with Crippen molar-refractivity contribution in [3.8, 4) is 0 Å². The van der Waals surface area contributed by atoms with E-state index >= 15 is 0 Å². The van der Waals surface area contributed by atoms with E-state index in [0.717, 1.165) is 24.1 Å². The van der Waals surface area contributed by atoms with Crippen molar-refractivity contribution in [1.82, 2.24) is 15.5 Å². The SMILES string of the molecule is CCCCNC(=O)Nc1ccc([C@@H]2NC(=S)N(CC)C(C)=C2C(=O)OCC(C)C)cc1. The molecule has 0 unspecified atom stereocenters. The fourth-order valence-corrected chi connectivity index (χ4v) is 3.69. The van der Waals surface area contributed by atoms with Gasteiger partial charge in [0, 0.05) is 24.5 Å². The Hall–Kier alpha value is -2.61. The highest BCUT2D eigenvalue weighted by Crippen LogP contribution is 2.32. The average Bonchev–Trinajstić information content (AvgIpc) is 2.72. The highest BCUT2D eigenvalue weighted by atomic mass is 32.1. The molecule has 0 fully saturated rings. The number of nitrogens with zero attached hydrogens (tertiary/aromatic N) is 1. The number of nitrogens with one attached hydrogen (secondary N) is 3. The predicted octanol–water partition coefficient (Wildman–Crippen LogP) is 4.33. The number of benzene rings is 1. The molecule has 0 aliphatic carbocycles. The number of esters is 1. The lowest BCUT2D eigenvalue weighted by Crippen LogP contribution is -2.47. The minimum Gasteiger partial charge on any atom is -0.462 e. The molecule has 1 aromatic carbocycles. The average molecular weight is 447 g/mol. The van der Waals surface area contributed by atoms with Crippen molar-refractivity contribution < 1.29 is 14.3 Å². The first-order chi connectivity index (χ1) is 14.8. The van der Waals surface area contributed by atoms with Gasteiger partial charge < -0.3 is 25.6 Å². The molecule has 2 rings (SSSR count). The van der Waals surface area contributed by atoms with Crippen molar-refractivity contribution in [2.45, 2.75) is 53.5 Å². The molecule has 8 heteroatoms. The summed E-state index contributed by atoms with van der Waals surface area (Å²) in [6, 6.07) is 6.75. The van der Waals surface area contributed by atoms with Crippen LogP contribution in [0.1, 0.15) is 59.1 Å². The Morgan fingerprint density at radius 2 is 1.90 bits per heavy atom. The topological polar surface area (TPSA) is 82.7 Å². The molecule has 1 atom stereocenters. The maximum atomic E-state index is 12.9. The molecule has 0 aromatic heterocycles. The molecule has 1 aliphatic rings. The lowest BCUT2D eigenvalue weighted by molar-refractivity contribution is -0.140. The van der Waals surface area contributed by atoms with Gasteiger partial charge in [-0.05, 0) is 56.1 Å². The quantitative estimate of drug-likeness (QED) is 0.297. The highest BCUT2D eigenvalue weighted by molar-refractivity contribution is 7.80. The van der Waals surface area contributed by atoms with E-state index in [1.807, 2.05) is 56.9 Å². The molecule has 3 N–H and O–H groups in total. The zero-order chi connectivity index (χ0) is 23.0. The fraction of sp³-hybridized carbons (Fsp3) is 0.522. The third-order valence-corrected chi connectivity index (χ3v) is 5.34. The Kier molecular flexibility index (Phi) is 9.30. The van der Waals surface area contributed by atoms with Crippen LogP contribution in [0.5, 0.6) is 0 Å². The van der Waals surface area contributed by atoms with Crippen LogP contribution < -0.4 is 16.0 Å². The number of allylic oxidation sites excluding steroid dienone is 1. The molecule has 170 valence electrons. The summed E-state index contributed by atoms with van der Waals surface area (Å²) in [6.07, 6.45) is 1.96. The van der Waals surface area contributed by atoms with E-state index in [9.17, 15) is 9.59 Å². The summed E-state index contributed by atoms with van der Waals surface area (Å²) in [5.41, 5.74) is 2.89. The first kappa shape index (κ1) is 24.7. The van der Waals surface area contributed by atoms with Gasteiger partial charge in [0.2, 0.25) is 0 Å². The molecule has 7 nitrogen and oxygen atoms in total. The Labute approximate surface area is 190 Å². The highest BCUT2D eigenvalue weighted by Gasteiger charge is 2.34. The van der Waals surface area contributed by atoms with Crippen LogP contribution in [-0.2, 0) is 9.53 Å². The molecule has 0 saturated heterocycles. The zero-order valence-electron chi connectivity index (χ0n) is 19.1. The smallest absolute Gasteiger partial charge is 0.338 e. The van der Waals surface area contributed by atoms with Gasteiger partial charge in [0.25, 0.3) is 0 Å². The van der Waals surface area contributed by atoms with Crippen molar-refractivity contribution in [2.75, 3.05) is 25.0 Å². The summed E-state index contributed by atoms with van der Waals surface area (Å²) in [6.45, 7) is 11.6. The van der Waals surface area contributed by atoms with Crippen molar-refractivity contribution in [3.63, 3.8) is 0 Å². The van der Waals surface area contributed by atoms with E-state index in [0.29, 0.717) is 36.1 Å². The van der Waals surface area contributed by atoms with Crippen LogP contribution in [0.2, 0.25) is 0 Å². The maximum Gasteiger partial charge on any atom is 0.338 e. The van der Waals surface area contributed by atoms with E-state index in [1.54, 1.807) is 0 Å². The fourth-order valence-electron chi connectivity index (χ4n) is 3.31. The minimum atomic E-state index is -0.414. The van der Waals surface area contributed by atoms with Crippen LogP contribution >= 0.6 is 12.2 Å². The molecule has 1 heterocycles. The molecule has 0 spiro atoms. The second-order valence-electron chi connectivity index (χ2n) is 7.97. The summed E-state index contributed by atoms with van der Waals surface area (Å²) >= 11 is 5.52. The van der Waals surface area contributed by atoms with Gasteiger partial charge in [0.15, 0.2) is 5.11 Å². The second-order valence-corrected chi connectivity index (χ2v) is 8.36. The van der Waals surface area contributed by atoms with Crippen LogP contribution in [0.4, 0.5) is 10.5 Å². The first-order valence-corrected chi connectivity index (χ1v) is 11.3. The minimum absolute atomic E-state index is 0.231. The maximum absolute atomic E-state index is 12.9. The van der Waals surface area contributed by atoms with Crippen molar-refractivity contribution in [1.29, 1.82) is 0 Å². The van der Waals surface area contributed by atoms with E-state index in [4.69, 9.17) is 17.0 Å². The first-order valence-electron chi connectivity index (χ1n) is 10.9. The molecule has 1 aliphatic heterocycles. The van der Waals surface area contributed by atoms with Gasteiger partial charge in [-0.15, -0.1) is 0 Å². The zero-order valence-corrected chi connectivity index (χ0v) is 19.9. The van der Waals surface area contributed by atoms with Crippen molar-refractivity contribution in [3.05, 3.63) is 41.1 Å². The summed E-state index contributed by atoms with van der Waals surface area (Å²) in [7, 11) is 0. The Balaban J connectivity index is 2.23. The number of hydrogen-bond acceptors (Lipinski definition) is 4. The lowest BCUT2D eigenvalue weighted by atomic mass is 9.95. The van der Waals surface area contributed by atoms with Crippen LogP contribution in [-0.4, -0.2) is 41.7 Å². The number of amides is 2. The number of thiocarbonyl (C=S) groups is 1. The van der Waals surface area contributed by atoms with E-state index in [2.05, 4.69) is 22.9 Å². The normalized spacial score (nSPS) is 16.3. The number of unbranched alkanes of at least 4 members (excludes halogenated alkanes) is 1. The summed E-state index contributed by atoms with van der Waals surface area (Å²) in [5, 5.41) is 9.50. The monoisotopic (exact) mass is 446 g/mol. The summed E-state index contributed by atoms with van der Waals surface area (Å²) < 4.78 is 5.54. The van der Waals surface area contributed by atoms with Crippen LogP contribution in [0.25, 0.3) is 0 Å². The summed E-state index contributed by atoms with van der Waals surface area (Å²) in [4.78, 5) is 26.8. The number of hydrogen-bond donors (Lipinski definition) is 3. The van der Waals surface area contributed by atoms with Gasteiger partial charge in [-0.25, -0.2) is 9.59 Å². The number of carbonyl (C=O) groups excluding carboxylic acids is 2. The van der Waals surface area contributed by atoms with Gasteiger partial charge in [0.1, 0.15) is 0 Å². The largest absolute Gasteiger partial charge is 0.462 e. The van der Waals surface area contributed by atoms with Gasteiger partial charge >= 0.3 is 12.0 Å². The molecule has 0 saturated carbocycles. The second kappa shape index (κ2) is 11.7. The molecule has 1 aromatic rings. The van der Waals surface area contributed by atoms with Crippen LogP contribution in [0.3, 0.4) is 0 Å². The molecule has 0 radical (unpaired) electrons. The number of anilines is 1. The van der Waals surface area contributed by atoms with Gasteiger partial charge in [-0.3, -0.25) is 0 Å². The number of rotatable bonds is 9. The van der Waals surface area contributed by atoms with Crippen LogP contribution in [0.15, 0.2) is 35.5 Å². The van der Waals surface area contributed by atoms with Crippen molar-refractivity contribution >= 4 is 35.0 Å². The molecular formula is C23H34N4O3S. The number of urea groups is 1. The number of ether oxygens (including phenoxy) is 1. The lowest BCUT2D eigenvalue weighted by Gasteiger charge is -2.37. The third-order valence-electron chi connectivity index (χ3n) is 5.00. The number of carbonyl (C=O) groups is 2. The van der Waals surface area contributed by atoms with E-state index in [1.165, 1.54) is 0 Å². The molecular weight excluding hydrogens is 412 g/mol. The molecule has 0 bridgehead atoms. The van der Waals surface area contributed by atoms with Gasteiger partial charge in [-0.1, -0.05) is 39.3 Å². The molecule has 31 heavy (non-hydrogen) atoms. The van der Waals surface area contributed by atoms with Crippen molar-refractivity contribution in [2.24, 2.45) is 5.92 Å². The Bertz CT molecular complexity index is 821. The Morgan fingerprint density at radius 3 is 2.48 bits per heavy atom. The summed E-state index contributed by atoms with van der Waals surface area (Å²) in [5.74, 6) is -0.0980. The van der Waals surface area contributed by atoms with E-state index < -0.39 is 6.04 Å². The third kappa shape index (κ3) is 6.69. The Morgan fingerprint density at radius 1 is 1.23 bits per heavy atom. The van der Waals surface area contributed by atoms with Crippen LogP contribution in [0, 0.1) is 5.92 Å². The van der Waals surface area contributed by atoms with Gasteiger partial charge in [0.05, 0.1) is 18.2 Å². The molecule has 2 amide bonds. The van der Waals surface area contributed by atoms with Gasteiger partial charge in [-0.2, -0.15) is 0 Å². The predicted molar refractivity (Wildman–Crippen MR) is 128 cm³/mol. The standard InChI is InChI=1S/C23H34N4O3S/c1-6-8-13-24-22(29)25-18-11-9-17(10-12-18)20-19(21(28)30-14-15(3)4)16(5)27(7-2)23(31)26-20/h9-12,15,20H,6-8,13-14H2,1-5H3,(H,26,31)(H2,24,25,29)/t20-/m0/s1. The van der Waals surface area contributed by atoms with E-state index in [-0.39, 0.29) is 17.9 Å².